The quantitative estimate of drug-likeness (QED) is 0.829. The molecular weight excluding hydrogens is 230 g/mol. The Morgan fingerprint density at radius 3 is 3.00 bits per heavy atom. The van der Waals surface area contributed by atoms with Crippen molar-refractivity contribution in [1.82, 2.24) is 19.9 Å². The third-order valence-electron chi connectivity index (χ3n) is 2.47. The number of nitrogens with two attached hydrogens (primary N) is 1. The van der Waals surface area contributed by atoms with Crippen LogP contribution in [0, 0.1) is 0 Å². The van der Waals surface area contributed by atoms with Gasteiger partial charge in [0.25, 0.3) is 5.91 Å². The highest BCUT2D eigenvalue weighted by Crippen LogP contribution is 2.02. The van der Waals surface area contributed by atoms with Gasteiger partial charge >= 0.3 is 0 Å². The molecule has 1 amide bonds. The van der Waals surface area contributed by atoms with Gasteiger partial charge in [-0.2, -0.15) is 0 Å². The lowest BCUT2D eigenvalue weighted by atomic mass is 10.2. The fourth-order valence-corrected chi connectivity index (χ4v) is 1.60. The Bertz CT molecular complexity index is 506. The normalized spacial score (nSPS) is 12.1. The van der Waals surface area contributed by atoms with E-state index in [4.69, 9.17) is 5.73 Å². The average molecular weight is 245 g/mol. The summed E-state index contributed by atoms with van der Waals surface area (Å²) in [5.41, 5.74) is 5.97. The minimum atomic E-state index is -0.157. The molecule has 0 fully saturated rings. The summed E-state index contributed by atoms with van der Waals surface area (Å²) in [6.45, 7) is 2.61. The van der Waals surface area contributed by atoms with Crippen LogP contribution in [0.2, 0.25) is 0 Å². The van der Waals surface area contributed by atoms with Crippen LogP contribution in [-0.2, 0) is 6.54 Å². The van der Waals surface area contributed by atoms with Gasteiger partial charge in [0, 0.05) is 31.2 Å². The van der Waals surface area contributed by atoms with E-state index in [1.54, 1.807) is 24.7 Å². The first-order valence-electron chi connectivity index (χ1n) is 5.63. The zero-order valence-corrected chi connectivity index (χ0v) is 10.1. The predicted octanol–water partition coefficient (Wildman–Crippen LogP) is 0.679. The van der Waals surface area contributed by atoms with E-state index in [2.05, 4.69) is 15.3 Å². The van der Waals surface area contributed by atoms with Crippen LogP contribution in [0.5, 0.6) is 0 Å². The van der Waals surface area contributed by atoms with Crippen LogP contribution in [0.4, 0.5) is 5.82 Å². The van der Waals surface area contributed by atoms with Crippen LogP contribution in [0.15, 0.2) is 37.1 Å². The minimum absolute atomic E-state index is 0.00394. The van der Waals surface area contributed by atoms with Gasteiger partial charge in [-0.3, -0.25) is 4.79 Å². The molecule has 0 saturated carbocycles. The Morgan fingerprint density at radius 2 is 2.39 bits per heavy atom. The molecule has 0 saturated heterocycles. The molecule has 2 aromatic rings. The van der Waals surface area contributed by atoms with E-state index in [0.29, 0.717) is 17.9 Å². The van der Waals surface area contributed by atoms with E-state index in [0.717, 1.165) is 0 Å². The Morgan fingerprint density at radius 1 is 1.56 bits per heavy atom. The molecule has 1 unspecified atom stereocenters. The molecular formula is C12H15N5O. The lowest BCUT2D eigenvalue weighted by Crippen LogP contribution is -2.35. The third kappa shape index (κ3) is 3.07. The van der Waals surface area contributed by atoms with Gasteiger partial charge in [0.15, 0.2) is 0 Å². The van der Waals surface area contributed by atoms with E-state index in [1.165, 1.54) is 6.20 Å². The number of hydrogen-bond donors (Lipinski definition) is 2. The molecule has 2 rings (SSSR count). The Balaban J connectivity index is 1.92. The van der Waals surface area contributed by atoms with E-state index >= 15 is 0 Å². The van der Waals surface area contributed by atoms with Crippen molar-refractivity contribution in [3.05, 3.63) is 42.6 Å². The molecule has 0 aliphatic heterocycles. The van der Waals surface area contributed by atoms with Crippen molar-refractivity contribution in [2.75, 3.05) is 5.73 Å². The number of nitrogens with one attached hydrogen (secondary N) is 1. The van der Waals surface area contributed by atoms with Crippen LogP contribution >= 0.6 is 0 Å². The number of amides is 1. The second-order valence-corrected chi connectivity index (χ2v) is 4.11. The van der Waals surface area contributed by atoms with E-state index in [9.17, 15) is 4.79 Å². The fraction of sp³-hybridized carbons (Fsp3) is 0.250. The number of imidazole rings is 1. The molecule has 6 heteroatoms. The van der Waals surface area contributed by atoms with Crippen LogP contribution in [0.3, 0.4) is 0 Å². The highest BCUT2D eigenvalue weighted by Gasteiger charge is 2.10. The summed E-state index contributed by atoms with van der Waals surface area (Å²) in [7, 11) is 0. The third-order valence-corrected chi connectivity index (χ3v) is 2.47. The highest BCUT2D eigenvalue weighted by atomic mass is 16.1. The average Bonchev–Trinajstić information content (AvgIpc) is 2.82. The highest BCUT2D eigenvalue weighted by molar-refractivity contribution is 5.94. The van der Waals surface area contributed by atoms with Gasteiger partial charge in [0.2, 0.25) is 0 Å². The van der Waals surface area contributed by atoms with Gasteiger partial charge in [-0.05, 0) is 19.1 Å². The number of nitrogens with zero attached hydrogens (tertiary/aromatic N) is 3. The molecule has 6 nitrogen and oxygen atoms in total. The summed E-state index contributed by atoms with van der Waals surface area (Å²) < 4.78 is 1.91. The molecule has 0 aliphatic rings. The van der Waals surface area contributed by atoms with Crippen LogP contribution in [-0.4, -0.2) is 26.5 Å². The molecule has 3 N–H and O–H groups in total. The van der Waals surface area contributed by atoms with Crippen LogP contribution in [0.1, 0.15) is 17.3 Å². The molecule has 2 aromatic heterocycles. The number of carbonyl (C=O) groups is 1. The summed E-state index contributed by atoms with van der Waals surface area (Å²) in [6.07, 6.45) is 6.74. The first-order chi connectivity index (χ1) is 8.65. The number of nitrogen functional groups attached to an aromatic ring is 1. The number of rotatable bonds is 4. The molecule has 0 aromatic carbocycles. The van der Waals surface area contributed by atoms with Gasteiger partial charge in [0.05, 0.1) is 11.9 Å². The van der Waals surface area contributed by atoms with Crippen molar-refractivity contribution in [3.8, 4) is 0 Å². The largest absolute Gasteiger partial charge is 0.384 e. The van der Waals surface area contributed by atoms with Gasteiger partial charge in [-0.25, -0.2) is 9.97 Å². The number of carbonyl (C=O) groups excluding carboxylic acids is 1. The van der Waals surface area contributed by atoms with E-state index < -0.39 is 0 Å². The number of anilines is 1. The van der Waals surface area contributed by atoms with Crippen LogP contribution < -0.4 is 11.1 Å². The monoisotopic (exact) mass is 245 g/mol. The van der Waals surface area contributed by atoms with Crippen molar-refractivity contribution in [1.29, 1.82) is 0 Å². The zero-order chi connectivity index (χ0) is 13.0. The molecule has 0 spiro atoms. The molecule has 18 heavy (non-hydrogen) atoms. The number of hydrogen-bond acceptors (Lipinski definition) is 4. The lowest BCUT2D eigenvalue weighted by Gasteiger charge is -2.14. The maximum atomic E-state index is 11.9. The second kappa shape index (κ2) is 5.31. The smallest absolute Gasteiger partial charge is 0.253 e. The van der Waals surface area contributed by atoms with Gasteiger partial charge < -0.3 is 15.6 Å². The first kappa shape index (κ1) is 12.1. The van der Waals surface area contributed by atoms with Gasteiger partial charge in [-0.1, -0.05) is 0 Å². The Labute approximate surface area is 105 Å². The van der Waals surface area contributed by atoms with Crippen molar-refractivity contribution in [2.24, 2.45) is 0 Å². The summed E-state index contributed by atoms with van der Waals surface area (Å²) in [6, 6.07) is 3.26. The predicted molar refractivity (Wildman–Crippen MR) is 67.8 cm³/mol. The standard InChI is InChI=1S/C12H15N5O/c1-9(7-17-5-4-14-8-17)16-12(18)10-2-3-11(13)15-6-10/h2-6,8-9H,7H2,1H3,(H2,13,15)(H,16,18). The summed E-state index contributed by atoms with van der Waals surface area (Å²) in [5, 5.41) is 2.89. The SMILES string of the molecule is CC(Cn1ccnc1)NC(=O)c1ccc(N)nc1. The fourth-order valence-electron chi connectivity index (χ4n) is 1.60. The van der Waals surface area contributed by atoms with Crippen LogP contribution in [0.25, 0.3) is 0 Å². The molecule has 2 heterocycles. The molecule has 0 aliphatic carbocycles. The molecule has 0 radical (unpaired) electrons. The maximum Gasteiger partial charge on any atom is 0.253 e. The van der Waals surface area contributed by atoms with Crippen molar-refractivity contribution < 1.29 is 4.79 Å². The molecule has 1 atom stereocenters. The lowest BCUT2D eigenvalue weighted by molar-refractivity contribution is 0.0936. The molecule has 94 valence electrons. The minimum Gasteiger partial charge on any atom is -0.384 e. The number of pyridine rings is 1. The second-order valence-electron chi connectivity index (χ2n) is 4.11. The van der Waals surface area contributed by atoms with E-state index in [-0.39, 0.29) is 11.9 Å². The summed E-state index contributed by atoms with van der Waals surface area (Å²) >= 11 is 0. The Kier molecular flexibility index (Phi) is 3.57. The summed E-state index contributed by atoms with van der Waals surface area (Å²) in [4.78, 5) is 19.7. The zero-order valence-electron chi connectivity index (χ0n) is 10.1. The van der Waals surface area contributed by atoms with E-state index in [1.807, 2.05) is 17.7 Å². The number of aromatic nitrogens is 3. The first-order valence-corrected chi connectivity index (χ1v) is 5.63. The van der Waals surface area contributed by atoms with Crippen molar-refractivity contribution in [3.63, 3.8) is 0 Å². The topological polar surface area (TPSA) is 85.8 Å². The summed E-state index contributed by atoms with van der Waals surface area (Å²) in [5.74, 6) is 0.244. The van der Waals surface area contributed by atoms with Gasteiger partial charge in [-0.15, -0.1) is 0 Å². The van der Waals surface area contributed by atoms with Gasteiger partial charge in [0.1, 0.15) is 5.82 Å². The maximum absolute atomic E-state index is 11.9. The molecule has 0 bridgehead atoms. The Hall–Kier alpha value is -2.37. The van der Waals surface area contributed by atoms with Crippen molar-refractivity contribution in [2.45, 2.75) is 19.5 Å². The van der Waals surface area contributed by atoms with Crippen molar-refractivity contribution >= 4 is 11.7 Å².